The van der Waals surface area contributed by atoms with E-state index in [9.17, 15) is 9.18 Å². The summed E-state index contributed by atoms with van der Waals surface area (Å²) in [6.07, 6.45) is 0.507. The van der Waals surface area contributed by atoms with Gasteiger partial charge in [0.25, 0.3) is 0 Å². The Morgan fingerprint density at radius 1 is 1.56 bits per heavy atom. The van der Waals surface area contributed by atoms with Gasteiger partial charge in [0, 0.05) is 6.54 Å². The lowest BCUT2D eigenvalue weighted by molar-refractivity contribution is -0.119. The molecule has 0 saturated carbocycles. The fourth-order valence-electron chi connectivity index (χ4n) is 1.35. The first-order valence-corrected chi connectivity index (χ1v) is 4.96. The van der Waals surface area contributed by atoms with E-state index in [0.717, 1.165) is 5.56 Å². The summed E-state index contributed by atoms with van der Waals surface area (Å²) < 4.78 is 18.1. The molecular formula is C11H15FN2O2. The summed E-state index contributed by atoms with van der Waals surface area (Å²) in [5.74, 6) is 0.0692. The van der Waals surface area contributed by atoms with Crippen LogP contribution < -0.4 is 15.8 Å². The molecule has 0 aliphatic rings. The monoisotopic (exact) mass is 226 g/mol. The predicted molar refractivity (Wildman–Crippen MR) is 58.7 cm³/mol. The largest absolute Gasteiger partial charge is 0.496 e. The molecule has 0 radical (unpaired) electrons. The molecule has 0 aliphatic heterocycles. The Morgan fingerprint density at radius 2 is 2.31 bits per heavy atom. The molecule has 0 aliphatic carbocycles. The van der Waals surface area contributed by atoms with Crippen LogP contribution in [0, 0.1) is 5.82 Å². The van der Waals surface area contributed by atoms with Crippen molar-refractivity contribution in [1.29, 1.82) is 0 Å². The number of ether oxygens (including phenoxy) is 1. The van der Waals surface area contributed by atoms with Crippen molar-refractivity contribution in [3.05, 3.63) is 29.6 Å². The van der Waals surface area contributed by atoms with Crippen LogP contribution in [-0.4, -0.2) is 26.1 Å². The number of methoxy groups -OCH3 is 1. The molecule has 16 heavy (non-hydrogen) atoms. The van der Waals surface area contributed by atoms with Crippen molar-refractivity contribution in [2.24, 2.45) is 5.73 Å². The van der Waals surface area contributed by atoms with Gasteiger partial charge in [-0.25, -0.2) is 4.39 Å². The van der Waals surface area contributed by atoms with Crippen LogP contribution in [0.2, 0.25) is 0 Å². The van der Waals surface area contributed by atoms with Crippen LogP contribution in [-0.2, 0) is 11.2 Å². The quantitative estimate of drug-likeness (QED) is 0.766. The molecule has 1 aromatic rings. The number of nitrogens with two attached hydrogens (primary N) is 1. The third-order valence-corrected chi connectivity index (χ3v) is 2.14. The van der Waals surface area contributed by atoms with Crippen molar-refractivity contribution >= 4 is 5.91 Å². The average Bonchev–Trinajstić information content (AvgIpc) is 2.29. The van der Waals surface area contributed by atoms with Gasteiger partial charge < -0.3 is 15.8 Å². The SMILES string of the molecule is COc1ccc(F)cc1CCNC(=O)CN. The molecule has 4 nitrogen and oxygen atoms in total. The van der Waals surface area contributed by atoms with Gasteiger partial charge >= 0.3 is 0 Å². The van der Waals surface area contributed by atoms with Crippen LogP contribution in [0.3, 0.4) is 0 Å². The highest BCUT2D eigenvalue weighted by atomic mass is 19.1. The molecule has 0 fully saturated rings. The first-order valence-electron chi connectivity index (χ1n) is 4.96. The topological polar surface area (TPSA) is 64.3 Å². The van der Waals surface area contributed by atoms with E-state index < -0.39 is 0 Å². The van der Waals surface area contributed by atoms with Crippen LogP contribution >= 0.6 is 0 Å². The van der Waals surface area contributed by atoms with Crippen LogP contribution in [0.25, 0.3) is 0 Å². The van der Waals surface area contributed by atoms with Gasteiger partial charge in [-0.15, -0.1) is 0 Å². The number of rotatable bonds is 5. The van der Waals surface area contributed by atoms with Gasteiger partial charge in [0.1, 0.15) is 11.6 Å². The van der Waals surface area contributed by atoms with Gasteiger partial charge in [-0.1, -0.05) is 0 Å². The minimum atomic E-state index is -0.319. The molecule has 0 spiro atoms. The molecule has 0 heterocycles. The number of hydrogen-bond acceptors (Lipinski definition) is 3. The summed E-state index contributed by atoms with van der Waals surface area (Å²) in [5, 5.41) is 2.61. The smallest absolute Gasteiger partial charge is 0.233 e. The molecular weight excluding hydrogens is 211 g/mol. The van der Waals surface area contributed by atoms with Crippen LogP contribution in [0.4, 0.5) is 4.39 Å². The maximum atomic E-state index is 13.0. The molecule has 1 amide bonds. The van der Waals surface area contributed by atoms with Gasteiger partial charge in [-0.2, -0.15) is 0 Å². The zero-order valence-corrected chi connectivity index (χ0v) is 9.13. The summed E-state index contributed by atoms with van der Waals surface area (Å²) in [7, 11) is 1.52. The predicted octanol–water partition coefficient (Wildman–Crippen LogP) is 0.452. The van der Waals surface area contributed by atoms with E-state index >= 15 is 0 Å². The second-order valence-corrected chi connectivity index (χ2v) is 3.26. The minimum absolute atomic E-state index is 0.0414. The normalized spacial score (nSPS) is 9.94. The highest BCUT2D eigenvalue weighted by molar-refractivity contribution is 5.77. The Labute approximate surface area is 93.6 Å². The second-order valence-electron chi connectivity index (χ2n) is 3.26. The van der Waals surface area contributed by atoms with Crippen LogP contribution in [0.15, 0.2) is 18.2 Å². The highest BCUT2D eigenvalue weighted by Crippen LogP contribution is 2.19. The Balaban J connectivity index is 2.58. The standard InChI is InChI=1S/C11H15FN2O2/c1-16-10-3-2-9(12)6-8(10)4-5-14-11(15)7-13/h2-3,6H,4-5,7,13H2,1H3,(H,14,15). The lowest BCUT2D eigenvalue weighted by Gasteiger charge is -2.09. The molecule has 1 aromatic carbocycles. The molecule has 0 bridgehead atoms. The van der Waals surface area contributed by atoms with Gasteiger partial charge in [-0.3, -0.25) is 4.79 Å². The lowest BCUT2D eigenvalue weighted by Crippen LogP contribution is -2.31. The second kappa shape index (κ2) is 6.07. The minimum Gasteiger partial charge on any atom is -0.496 e. The maximum Gasteiger partial charge on any atom is 0.233 e. The molecule has 0 atom stereocenters. The van der Waals surface area contributed by atoms with Gasteiger partial charge in [0.05, 0.1) is 13.7 Å². The summed E-state index contributed by atoms with van der Waals surface area (Å²) >= 11 is 0. The molecule has 3 N–H and O–H groups in total. The summed E-state index contributed by atoms with van der Waals surface area (Å²) in [6, 6.07) is 4.30. The van der Waals surface area contributed by atoms with E-state index in [0.29, 0.717) is 18.7 Å². The number of benzene rings is 1. The van der Waals surface area contributed by atoms with E-state index in [4.69, 9.17) is 10.5 Å². The summed E-state index contributed by atoms with van der Waals surface area (Å²) in [6.45, 7) is 0.371. The summed E-state index contributed by atoms with van der Waals surface area (Å²) in [4.78, 5) is 10.9. The number of halogens is 1. The maximum absolute atomic E-state index is 13.0. The lowest BCUT2D eigenvalue weighted by atomic mass is 10.1. The van der Waals surface area contributed by atoms with E-state index in [2.05, 4.69) is 5.32 Å². The molecule has 1 rings (SSSR count). The van der Waals surface area contributed by atoms with Crippen molar-refractivity contribution in [2.45, 2.75) is 6.42 Å². The first kappa shape index (κ1) is 12.4. The molecule has 0 unspecified atom stereocenters. The van der Waals surface area contributed by atoms with E-state index in [1.807, 2.05) is 0 Å². The Hall–Kier alpha value is -1.62. The summed E-state index contributed by atoms with van der Waals surface area (Å²) in [5.41, 5.74) is 5.86. The third-order valence-electron chi connectivity index (χ3n) is 2.14. The van der Waals surface area contributed by atoms with Crippen LogP contribution in [0.1, 0.15) is 5.56 Å². The van der Waals surface area contributed by atoms with Crippen molar-refractivity contribution in [2.75, 3.05) is 20.2 Å². The Morgan fingerprint density at radius 3 is 2.94 bits per heavy atom. The van der Waals surface area contributed by atoms with Crippen molar-refractivity contribution in [3.63, 3.8) is 0 Å². The number of nitrogens with one attached hydrogen (secondary N) is 1. The highest BCUT2D eigenvalue weighted by Gasteiger charge is 2.05. The van der Waals surface area contributed by atoms with Crippen molar-refractivity contribution in [3.8, 4) is 5.75 Å². The Kier molecular flexibility index (Phi) is 4.72. The number of carbonyl (C=O) groups excluding carboxylic acids is 1. The number of hydrogen-bond donors (Lipinski definition) is 2. The average molecular weight is 226 g/mol. The Bertz CT molecular complexity index is 369. The van der Waals surface area contributed by atoms with Gasteiger partial charge in [0.2, 0.25) is 5.91 Å². The zero-order chi connectivity index (χ0) is 12.0. The van der Waals surface area contributed by atoms with Crippen LogP contribution in [0.5, 0.6) is 5.75 Å². The first-order chi connectivity index (χ1) is 7.67. The van der Waals surface area contributed by atoms with Gasteiger partial charge in [-0.05, 0) is 30.2 Å². The van der Waals surface area contributed by atoms with Crippen molar-refractivity contribution in [1.82, 2.24) is 5.32 Å². The van der Waals surface area contributed by atoms with Crippen molar-refractivity contribution < 1.29 is 13.9 Å². The fraction of sp³-hybridized carbons (Fsp3) is 0.364. The van der Waals surface area contributed by atoms with E-state index in [-0.39, 0.29) is 18.3 Å². The molecule has 0 saturated heterocycles. The number of amides is 1. The third kappa shape index (κ3) is 3.51. The molecule has 0 aromatic heterocycles. The van der Waals surface area contributed by atoms with E-state index in [1.54, 1.807) is 6.07 Å². The molecule has 5 heteroatoms. The fourth-order valence-corrected chi connectivity index (χ4v) is 1.35. The van der Waals surface area contributed by atoms with Gasteiger partial charge in [0.15, 0.2) is 0 Å². The molecule has 88 valence electrons. The zero-order valence-electron chi connectivity index (χ0n) is 9.13. The number of carbonyl (C=O) groups is 1. The van der Waals surface area contributed by atoms with E-state index in [1.165, 1.54) is 19.2 Å².